The molecule has 0 spiro atoms. The van der Waals surface area contributed by atoms with Crippen molar-refractivity contribution in [1.29, 1.82) is 0 Å². The maximum Gasteiger partial charge on any atom is 0.264 e. The van der Waals surface area contributed by atoms with Gasteiger partial charge in [0.15, 0.2) is 0 Å². The fourth-order valence-electron chi connectivity index (χ4n) is 3.20. The van der Waals surface area contributed by atoms with E-state index < -0.39 is 5.91 Å². The third-order valence-electron chi connectivity index (χ3n) is 4.35. The van der Waals surface area contributed by atoms with Gasteiger partial charge >= 0.3 is 0 Å². The average molecular weight is 356 g/mol. The quantitative estimate of drug-likeness (QED) is 0.770. The average Bonchev–Trinajstić information content (AvgIpc) is 3.30. The Balaban J connectivity index is 1.63. The Morgan fingerprint density at radius 3 is 2.67 bits per heavy atom. The summed E-state index contributed by atoms with van der Waals surface area (Å²) >= 11 is 2.93. The first-order valence-corrected chi connectivity index (χ1v) is 9.46. The molecule has 1 saturated heterocycles. The highest BCUT2D eigenvalue weighted by molar-refractivity contribution is 7.20. The van der Waals surface area contributed by atoms with E-state index in [9.17, 15) is 9.59 Å². The van der Waals surface area contributed by atoms with Crippen LogP contribution in [0.15, 0.2) is 42.5 Å². The van der Waals surface area contributed by atoms with Crippen molar-refractivity contribution < 1.29 is 9.59 Å². The van der Waals surface area contributed by atoms with E-state index in [1.165, 1.54) is 22.7 Å². The second-order valence-corrected chi connectivity index (χ2v) is 8.07. The lowest BCUT2D eigenvalue weighted by Crippen LogP contribution is -2.29. The van der Waals surface area contributed by atoms with Crippen LogP contribution in [0.5, 0.6) is 0 Å². The first kappa shape index (κ1) is 15.4. The Morgan fingerprint density at radius 1 is 1.08 bits per heavy atom. The van der Waals surface area contributed by atoms with Crippen molar-refractivity contribution in [3.8, 4) is 0 Å². The van der Waals surface area contributed by atoms with Gasteiger partial charge in [-0.2, -0.15) is 0 Å². The fraction of sp³-hybridized carbons (Fsp3) is 0.222. The molecule has 6 heteroatoms. The van der Waals surface area contributed by atoms with E-state index in [-0.39, 0.29) is 11.9 Å². The summed E-state index contributed by atoms with van der Waals surface area (Å²) in [5.41, 5.74) is 5.35. The van der Waals surface area contributed by atoms with Crippen LogP contribution in [0.25, 0.3) is 10.1 Å². The van der Waals surface area contributed by atoms with E-state index in [1.807, 2.05) is 41.3 Å². The molecule has 122 valence electrons. The summed E-state index contributed by atoms with van der Waals surface area (Å²) in [4.78, 5) is 28.6. The highest BCUT2D eigenvalue weighted by Gasteiger charge is 2.32. The lowest BCUT2D eigenvalue weighted by Gasteiger charge is -2.23. The molecule has 2 N–H and O–H groups in total. The normalized spacial score (nSPS) is 17.5. The van der Waals surface area contributed by atoms with Gasteiger partial charge in [-0.3, -0.25) is 9.59 Å². The molecular formula is C18H16N2O2S2. The zero-order valence-corrected chi connectivity index (χ0v) is 14.5. The lowest BCUT2D eigenvalue weighted by atomic mass is 10.2. The van der Waals surface area contributed by atoms with E-state index in [2.05, 4.69) is 0 Å². The van der Waals surface area contributed by atoms with Crippen molar-refractivity contribution in [3.63, 3.8) is 0 Å². The monoisotopic (exact) mass is 356 g/mol. The van der Waals surface area contributed by atoms with E-state index >= 15 is 0 Å². The van der Waals surface area contributed by atoms with Gasteiger partial charge in [-0.05, 0) is 42.5 Å². The third-order valence-corrected chi connectivity index (χ3v) is 6.65. The van der Waals surface area contributed by atoms with Gasteiger partial charge in [0.05, 0.1) is 15.8 Å². The summed E-state index contributed by atoms with van der Waals surface area (Å²) in [5, 5.41) is 1.11. The van der Waals surface area contributed by atoms with Gasteiger partial charge < -0.3 is 10.6 Å². The van der Waals surface area contributed by atoms with Crippen LogP contribution in [0.3, 0.4) is 0 Å². The predicted octanol–water partition coefficient (Wildman–Crippen LogP) is 4.04. The lowest BCUT2D eigenvalue weighted by molar-refractivity contribution is 0.0742. The van der Waals surface area contributed by atoms with E-state index in [4.69, 9.17) is 5.73 Å². The Kier molecular flexibility index (Phi) is 3.86. The summed E-state index contributed by atoms with van der Waals surface area (Å²) in [6.45, 7) is 0.752. The van der Waals surface area contributed by atoms with Crippen LogP contribution in [0, 0.1) is 0 Å². The SMILES string of the molecule is NC(=O)c1ccc(C2CCCN2C(=O)c2cc3ccccc3s2)s1. The van der Waals surface area contributed by atoms with Crippen molar-refractivity contribution in [3.05, 3.63) is 57.1 Å². The molecule has 3 aromatic rings. The van der Waals surface area contributed by atoms with Crippen LogP contribution >= 0.6 is 22.7 Å². The standard InChI is InChI=1S/C18H16N2O2S2/c19-17(21)15-8-7-14(24-15)12-5-3-9-20(12)18(22)16-10-11-4-1-2-6-13(11)23-16/h1-2,4,6-8,10,12H,3,5,9H2,(H2,19,21). The number of amides is 2. The van der Waals surface area contributed by atoms with Gasteiger partial charge in [-0.25, -0.2) is 0 Å². The van der Waals surface area contributed by atoms with Crippen LogP contribution in [-0.4, -0.2) is 23.3 Å². The Labute approximate surface area is 147 Å². The van der Waals surface area contributed by atoms with Gasteiger partial charge in [0, 0.05) is 16.1 Å². The van der Waals surface area contributed by atoms with Crippen molar-refractivity contribution in [2.75, 3.05) is 6.54 Å². The molecule has 0 saturated carbocycles. The first-order chi connectivity index (χ1) is 11.6. The molecule has 0 radical (unpaired) electrons. The minimum absolute atomic E-state index is 0.0424. The molecule has 3 heterocycles. The Hall–Kier alpha value is -2.18. The second kappa shape index (κ2) is 6.03. The molecule has 4 nitrogen and oxygen atoms in total. The number of nitrogens with two attached hydrogens (primary N) is 1. The third kappa shape index (κ3) is 2.61. The number of hydrogen-bond acceptors (Lipinski definition) is 4. The summed E-state index contributed by atoms with van der Waals surface area (Å²) in [6.07, 6.45) is 1.90. The maximum absolute atomic E-state index is 13.0. The van der Waals surface area contributed by atoms with Gasteiger partial charge in [0.1, 0.15) is 0 Å². The molecule has 4 rings (SSSR count). The molecule has 1 aliphatic rings. The molecule has 0 bridgehead atoms. The van der Waals surface area contributed by atoms with Gasteiger partial charge in [0.25, 0.3) is 11.8 Å². The molecule has 24 heavy (non-hydrogen) atoms. The van der Waals surface area contributed by atoms with Gasteiger partial charge in [-0.15, -0.1) is 22.7 Å². The largest absolute Gasteiger partial charge is 0.365 e. The number of hydrogen-bond donors (Lipinski definition) is 1. The van der Waals surface area contributed by atoms with Crippen molar-refractivity contribution in [2.45, 2.75) is 18.9 Å². The highest BCUT2D eigenvalue weighted by atomic mass is 32.1. The molecule has 1 aliphatic heterocycles. The number of fused-ring (bicyclic) bond motifs is 1. The predicted molar refractivity (Wildman–Crippen MR) is 97.7 cm³/mol. The van der Waals surface area contributed by atoms with E-state index in [1.54, 1.807) is 6.07 Å². The van der Waals surface area contributed by atoms with Crippen LogP contribution in [0.1, 0.15) is 43.1 Å². The van der Waals surface area contributed by atoms with Crippen LogP contribution in [0.2, 0.25) is 0 Å². The van der Waals surface area contributed by atoms with E-state index in [0.29, 0.717) is 4.88 Å². The van der Waals surface area contributed by atoms with Crippen LogP contribution < -0.4 is 5.73 Å². The van der Waals surface area contributed by atoms with Gasteiger partial charge in [-0.1, -0.05) is 18.2 Å². The molecule has 2 aromatic heterocycles. The molecule has 1 unspecified atom stereocenters. The van der Waals surface area contributed by atoms with Crippen LogP contribution in [-0.2, 0) is 0 Å². The summed E-state index contributed by atoms with van der Waals surface area (Å²) < 4.78 is 1.13. The smallest absolute Gasteiger partial charge is 0.264 e. The first-order valence-electron chi connectivity index (χ1n) is 7.82. The zero-order chi connectivity index (χ0) is 16.7. The van der Waals surface area contributed by atoms with Crippen molar-refractivity contribution in [2.24, 2.45) is 5.73 Å². The van der Waals surface area contributed by atoms with Crippen LogP contribution in [0.4, 0.5) is 0 Å². The second-order valence-electron chi connectivity index (χ2n) is 5.87. The number of carbonyl (C=O) groups excluding carboxylic acids is 2. The van der Waals surface area contributed by atoms with Crippen molar-refractivity contribution in [1.82, 2.24) is 4.90 Å². The molecule has 1 fully saturated rings. The molecule has 0 aliphatic carbocycles. The summed E-state index contributed by atoms with van der Waals surface area (Å²) in [5.74, 6) is -0.334. The number of primary amides is 1. The minimum atomic E-state index is -0.411. The van der Waals surface area contributed by atoms with Gasteiger partial charge in [0.2, 0.25) is 0 Å². The molecular weight excluding hydrogens is 340 g/mol. The number of benzene rings is 1. The molecule has 2 amide bonds. The zero-order valence-electron chi connectivity index (χ0n) is 12.9. The number of likely N-dealkylation sites (tertiary alicyclic amines) is 1. The minimum Gasteiger partial charge on any atom is -0.365 e. The summed E-state index contributed by atoms with van der Waals surface area (Å²) in [7, 11) is 0. The Bertz CT molecular complexity index is 895. The summed E-state index contributed by atoms with van der Waals surface area (Å²) in [6, 6.07) is 13.7. The topological polar surface area (TPSA) is 63.4 Å². The number of nitrogens with zero attached hydrogens (tertiary/aromatic N) is 1. The number of rotatable bonds is 3. The fourth-order valence-corrected chi connectivity index (χ4v) is 5.23. The van der Waals surface area contributed by atoms with E-state index in [0.717, 1.165) is 39.2 Å². The number of carbonyl (C=O) groups is 2. The molecule has 1 atom stereocenters. The highest BCUT2D eigenvalue weighted by Crippen LogP contribution is 2.38. The Morgan fingerprint density at radius 2 is 1.92 bits per heavy atom. The maximum atomic E-state index is 13.0. The van der Waals surface area contributed by atoms with Crippen molar-refractivity contribution >= 4 is 44.6 Å². The molecule has 1 aromatic carbocycles. The number of thiophene rings is 2.